The number of aryl methyl sites for hydroxylation is 1. The molecule has 1 N–H and O–H groups in total. The molecule has 1 aliphatic rings. The Hall–Kier alpha value is -2.89. The summed E-state index contributed by atoms with van der Waals surface area (Å²) in [6, 6.07) is 1.57. The van der Waals surface area contributed by atoms with E-state index in [2.05, 4.69) is 25.5 Å². The smallest absolute Gasteiger partial charge is 0.296 e. The fourth-order valence-corrected chi connectivity index (χ4v) is 4.06. The highest BCUT2D eigenvalue weighted by Crippen LogP contribution is 2.37. The van der Waals surface area contributed by atoms with Gasteiger partial charge in [-0.25, -0.2) is 9.37 Å². The Morgan fingerprint density at radius 1 is 1.34 bits per heavy atom. The first-order valence-electron chi connectivity index (χ1n) is 9.65. The van der Waals surface area contributed by atoms with Gasteiger partial charge in [0.1, 0.15) is 11.9 Å². The highest BCUT2D eigenvalue weighted by Gasteiger charge is 2.28. The minimum atomic E-state index is -0.801. The monoisotopic (exact) mass is 479 g/mol. The van der Waals surface area contributed by atoms with E-state index in [1.54, 1.807) is 13.0 Å². The molecule has 3 aromatic heterocycles. The number of aromatic nitrogens is 4. The first kappa shape index (κ1) is 22.3. The van der Waals surface area contributed by atoms with Gasteiger partial charge in [0.2, 0.25) is 5.13 Å². The maximum atomic E-state index is 14.9. The van der Waals surface area contributed by atoms with Gasteiger partial charge in [0, 0.05) is 23.9 Å². The highest BCUT2D eigenvalue weighted by molar-refractivity contribution is 7.17. The van der Waals surface area contributed by atoms with E-state index in [9.17, 15) is 9.18 Å². The summed E-state index contributed by atoms with van der Waals surface area (Å²) in [5.74, 6) is -1.22. The molecule has 2 atom stereocenters. The second-order valence-corrected chi connectivity index (χ2v) is 8.32. The number of methoxy groups -OCH3 is 1. The van der Waals surface area contributed by atoms with Crippen LogP contribution < -0.4 is 14.8 Å². The topological polar surface area (TPSA) is 108 Å². The molecular weight excluding hydrogens is 461 g/mol. The van der Waals surface area contributed by atoms with E-state index in [0.717, 1.165) is 17.8 Å². The molecule has 4 rings (SSSR count). The number of halogens is 2. The molecule has 0 bridgehead atoms. The molecule has 0 saturated carbocycles. The van der Waals surface area contributed by atoms with Crippen LogP contribution in [-0.2, 0) is 4.74 Å². The van der Waals surface area contributed by atoms with Crippen LogP contribution in [0.15, 0.2) is 18.5 Å². The van der Waals surface area contributed by atoms with Crippen LogP contribution >= 0.6 is 22.9 Å². The van der Waals surface area contributed by atoms with E-state index in [-0.39, 0.29) is 44.9 Å². The number of carbonyl (C=O) groups is 1. The van der Waals surface area contributed by atoms with E-state index in [4.69, 9.17) is 25.8 Å². The quantitative estimate of drug-likeness (QED) is 0.530. The third kappa shape index (κ3) is 4.50. The molecule has 1 aliphatic heterocycles. The lowest BCUT2D eigenvalue weighted by molar-refractivity contribution is 0.0669. The average Bonchev–Trinajstić information content (AvgIpc) is 3.38. The maximum absolute atomic E-state index is 14.9. The van der Waals surface area contributed by atoms with Gasteiger partial charge in [-0.05, 0) is 31.3 Å². The van der Waals surface area contributed by atoms with Crippen LogP contribution in [0.25, 0.3) is 11.1 Å². The van der Waals surface area contributed by atoms with Crippen LogP contribution in [0.4, 0.5) is 9.52 Å². The Bertz CT molecular complexity index is 1160. The molecule has 0 aliphatic carbocycles. The van der Waals surface area contributed by atoms with Gasteiger partial charge in [0.05, 0.1) is 37.1 Å². The van der Waals surface area contributed by atoms with Crippen LogP contribution in [0.1, 0.15) is 29.4 Å². The van der Waals surface area contributed by atoms with Gasteiger partial charge in [0.15, 0.2) is 11.0 Å². The van der Waals surface area contributed by atoms with E-state index in [1.807, 2.05) is 6.92 Å². The molecule has 0 radical (unpaired) electrons. The van der Waals surface area contributed by atoms with Crippen LogP contribution in [0.2, 0.25) is 5.15 Å². The van der Waals surface area contributed by atoms with Gasteiger partial charge in [-0.3, -0.25) is 15.1 Å². The number of pyridine rings is 2. The first-order valence-corrected chi connectivity index (χ1v) is 10.8. The van der Waals surface area contributed by atoms with Crippen molar-refractivity contribution >= 4 is 34.0 Å². The molecule has 1 amide bonds. The standard InChI is InChI=1S/C20H19ClFN5O4S/c1-9-6-11(15-14(29-3)8-24-17(21)16(15)22)12(7-23-9)18(28)25-19-26-27-20(32-19)31-13-4-5-30-10(13)2/h6-8,10,13H,4-5H2,1-3H3,(H,25,26,28)/t10-,13+/m0/s1. The summed E-state index contributed by atoms with van der Waals surface area (Å²) in [7, 11) is 1.38. The summed E-state index contributed by atoms with van der Waals surface area (Å²) in [4.78, 5) is 21.0. The largest absolute Gasteiger partial charge is 0.494 e. The van der Waals surface area contributed by atoms with Crippen molar-refractivity contribution in [2.45, 2.75) is 32.5 Å². The molecule has 1 saturated heterocycles. The van der Waals surface area contributed by atoms with E-state index in [1.165, 1.54) is 19.5 Å². The summed E-state index contributed by atoms with van der Waals surface area (Å²) in [6.07, 6.45) is 3.23. The van der Waals surface area contributed by atoms with Crippen LogP contribution in [-0.4, -0.2) is 52.0 Å². The molecule has 9 nitrogen and oxygen atoms in total. The van der Waals surface area contributed by atoms with Gasteiger partial charge in [-0.1, -0.05) is 16.7 Å². The lowest BCUT2D eigenvalue weighted by Crippen LogP contribution is -2.24. The van der Waals surface area contributed by atoms with Gasteiger partial charge >= 0.3 is 0 Å². The minimum absolute atomic E-state index is 0.0136. The molecule has 4 heterocycles. The normalized spacial score (nSPS) is 17.9. The third-order valence-electron chi connectivity index (χ3n) is 4.90. The molecule has 32 heavy (non-hydrogen) atoms. The van der Waals surface area contributed by atoms with E-state index >= 15 is 0 Å². The van der Waals surface area contributed by atoms with Crippen molar-refractivity contribution in [3.8, 4) is 22.1 Å². The highest BCUT2D eigenvalue weighted by atomic mass is 35.5. The van der Waals surface area contributed by atoms with Gasteiger partial charge < -0.3 is 14.2 Å². The van der Waals surface area contributed by atoms with Crippen LogP contribution in [0.3, 0.4) is 0 Å². The number of nitrogens with one attached hydrogen (secondary N) is 1. The predicted molar refractivity (Wildman–Crippen MR) is 116 cm³/mol. The summed E-state index contributed by atoms with van der Waals surface area (Å²) in [5.41, 5.74) is 0.946. The zero-order valence-electron chi connectivity index (χ0n) is 17.4. The van der Waals surface area contributed by atoms with Gasteiger partial charge in [-0.2, -0.15) is 0 Å². The van der Waals surface area contributed by atoms with Crippen molar-refractivity contribution in [2.75, 3.05) is 19.0 Å². The Labute approximate surface area is 191 Å². The number of nitrogens with zero attached hydrogens (tertiary/aromatic N) is 4. The van der Waals surface area contributed by atoms with Crippen molar-refractivity contribution in [2.24, 2.45) is 0 Å². The summed E-state index contributed by atoms with van der Waals surface area (Å²) < 4.78 is 31.4. The summed E-state index contributed by atoms with van der Waals surface area (Å²) in [5, 5.41) is 10.8. The predicted octanol–water partition coefficient (Wildman–Crippen LogP) is 3.91. The molecule has 12 heteroatoms. The van der Waals surface area contributed by atoms with Crippen LogP contribution in [0, 0.1) is 12.7 Å². The Kier molecular flexibility index (Phi) is 6.49. The summed E-state index contributed by atoms with van der Waals surface area (Å²) in [6.45, 7) is 4.27. The SMILES string of the molecule is COc1cnc(Cl)c(F)c1-c1cc(C)ncc1C(=O)Nc1nnc(O[C@@H]2CCO[C@H]2C)s1. The Balaban J connectivity index is 1.62. The molecule has 1 fully saturated rings. The lowest BCUT2D eigenvalue weighted by Gasteiger charge is -2.14. The molecule has 0 spiro atoms. The first-order chi connectivity index (χ1) is 15.4. The minimum Gasteiger partial charge on any atom is -0.494 e. The Morgan fingerprint density at radius 3 is 2.88 bits per heavy atom. The van der Waals surface area contributed by atoms with Crippen molar-refractivity contribution < 1.29 is 23.4 Å². The average molecular weight is 480 g/mol. The van der Waals surface area contributed by atoms with Crippen molar-refractivity contribution in [1.82, 2.24) is 20.2 Å². The zero-order valence-corrected chi connectivity index (χ0v) is 19.0. The van der Waals surface area contributed by atoms with Crippen LogP contribution in [0.5, 0.6) is 10.9 Å². The molecule has 168 valence electrons. The summed E-state index contributed by atoms with van der Waals surface area (Å²) >= 11 is 6.96. The number of amides is 1. The number of rotatable bonds is 6. The Morgan fingerprint density at radius 2 is 2.16 bits per heavy atom. The van der Waals surface area contributed by atoms with E-state index < -0.39 is 11.7 Å². The molecule has 3 aromatic rings. The van der Waals surface area contributed by atoms with Crippen molar-refractivity contribution in [3.05, 3.63) is 40.7 Å². The third-order valence-corrected chi connectivity index (χ3v) is 5.90. The van der Waals surface area contributed by atoms with E-state index in [0.29, 0.717) is 17.5 Å². The van der Waals surface area contributed by atoms with Gasteiger partial charge in [-0.15, -0.1) is 5.10 Å². The fourth-order valence-electron chi connectivity index (χ4n) is 3.27. The number of anilines is 1. The molecule has 0 unspecified atom stereocenters. The zero-order chi connectivity index (χ0) is 22.8. The maximum Gasteiger partial charge on any atom is 0.296 e. The second kappa shape index (κ2) is 9.31. The second-order valence-electron chi connectivity index (χ2n) is 7.03. The van der Waals surface area contributed by atoms with Crippen molar-refractivity contribution in [1.29, 1.82) is 0 Å². The van der Waals surface area contributed by atoms with Crippen molar-refractivity contribution in [3.63, 3.8) is 0 Å². The number of carbonyl (C=O) groups excluding carboxylic acids is 1. The van der Waals surface area contributed by atoms with Gasteiger partial charge in [0.25, 0.3) is 11.1 Å². The molecule has 0 aromatic carbocycles. The number of hydrogen-bond acceptors (Lipinski definition) is 9. The number of ether oxygens (including phenoxy) is 3. The lowest BCUT2D eigenvalue weighted by atomic mass is 10.00. The molecular formula is C20H19ClFN5O4S. The fraction of sp³-hybridized carbons (Fsp3) is 0.350. The number of hydrogen-bond donors (Lipinski definition) is 1.